The normalized spacial score (nSPS) is 11.3. The largest absolute Gasteiger partial charge is 0.341 e. The molecule has 5 heteroatoms. The van der Waals surface area contributed by atoms with Gasteiger partial charge in [-0.1, -0.05) is 39.3 Å². The highest BCUT2D eigenvalue weighted by Gasteiger charge is 2.16. The summed E-state index contributed by atoms with van der Waals surface area (Å²) in [7, 11) is 0. The molecule has 1 aromatic rings. The molecule has 0 fully saturated rings. The minimum atomic E-state index is 0.0946. The van der Waals surface area contributed by atoms with E-state index in [9.17, 15) is 4.79 Å². The van der Waals surface area contributed by atoms with Crippen LogP contribution in [0, 0.1) is 11.8 Å². The summed E-state index contributed by atoms with van der Waals surface area (Å²) in [5, 5.41) is 4.59. The van der Waals surface area contributed by atoms with E-state index in [0.29, 0.717) is 16.9 Å². The third kappa shape index (κ3) is 5.08. The molecule has 1 amide bonds. The van der Waals surface area contributed by atoms with Gasteiger partial charge in [-0.2, -0.15) is 5.10 Å². The van der Waals surface area contributed by atoms with Crippen LogP contribution in [0.5, 0.6) is 0 Å². The Kier molecular flexibility index (Phi) is 5.66. The molecule has 1 rings (SSSR count). The van der Waals surface area contributed by atoms with E-state index < -0.39 is 0 Å². The summed E-state index contributed by atoms with van der Waals surface area (Å²) in [4.78, 5) is 14.1. The second kappa shape index (κ2) is 6.78. The van der Waals surface area contributed by atoms with E-state index in [2.05, 4.69) is 32.8 Å². The minimum Gasteiger partial charge on any atom is -0.341 e. The molecular formula is C13H22ClN3O. The molecule has 0 saturated heterocycles. The zero-order chi connectivity index (χ0) is 13.7. The Bertz CT molecular complexity index is 377. The summed E-state index contributed by atoms with van der Waals surface area (Å²) >= 11 is 5.78. The van der Waals surface area contributed by atoms with Crippen LogP contribution in [-0.4, -0.2) is 33.7 Å². The number of nitrogens with zero attached hydrogens (tertiary/aromatic N) is 3. The average Bonchev–Trinajstić information content (AvgIpc) is 2.61. The SMILES string of the molecule is CC(C)CN(CC(C)C)C(=O)Cn1cc(Cl)cn1. The Labute approximate surface area is 114 Å². The highest BCUT2D eigenvalue weighted by molar-refractivity contribution is 6.30. The first-order valence-electron chi connectivity index (χ1n) is 6.34. The molecule has 0 spiro atoms. The van der Waals surface area contributed by atoms with Gasteiger partial charge in [0.15, 0.2) is 0 Å². The number of carbonyl (C=O) groups is 1. The van der Waals surface area contributed by atoms with Crippen molar-refractivity contribution in [2.75, 3.05) is 13.1 Å². The fraction of sp³-hybridized carbons (Fsp3) is 0.692. The van der Waals surface area contributed by atoms with Crippen LogP contribution in [0.25, 0.3) is 0 Å². The summed E-state index contributed by atoms with van der Waals surface area (Å²) in [6.07, 6.45) is 3.21. The van der Waals surface area contributed by atoms with Crippen LogP contribution in [-0.2, 0) is 11.3 Å². The van der Waals surface area contributed by atoms with Crippen molar-refractivity contribution in [3.63, 3.8) is 0 Å². The van der Waals surface area contributed by atoms with Gasteiger partial charge in [0.05, 0.1) is 11.2 Å². The van der Waals surface area contributed by atoms with E-state index in [1.807, 2.05) is 4.90 Å². The van der Waals surface area contributed by atoms with E-state index in [4.69, 9.17) is 11.6 Å². The van der Waals surface area contributed by atoms with Crippen LogP contribution in [0.15, 0.2) is 12.4 Å². The lowest BCUT2D eigenvalue weighted by atomic mass is 10.1. The number of carbonyl (C=O) groups excluding carboxylic acids is 1. The summed E-state index contributed by atoms with van der Waals surface area (Å²) in [5.41, 5.74) is 0. The van der Waals surface area contributed by atoms with Crippen LogP contribution in [0.1, 0.15) is 27.7 Å². The van der Waals surface area contributed by atoms with Crippen LogP contribution >= 0.6 is 11.6 Å². The van der Waals surface area contributed by atoms with E-state index >= 15 is 0 Å². The smallest absolute Gasteiger partial charge is 0.244 e. The Hall–Kier alpha value is -1.03. The molecule has 0 aliphatic rings. The number of amides is 1. The first-order chi connectivity index (χ1) is 8.38. The number of hydrogen-bond donors (Lipinski definition) is 0. The quantitative estimate of drug-likeness (QED) is 0.798. The standard InChI is InChI=1S/C13H22ClN3O/c1-10(2)6-16(7-11(3)4)13(18)9-17-8-12(14)5-15-17/h5,8,10-11H,6-7,9H2,1-4H3. The molecule has 0 bridgehead atoms. The molecule has 4 nitrogen and oxygen atoms in total. The fourth-order valence-corrected chi connectivity index (χ4v) is 1.98. The molecular weight excluding hydrogens is 250 g/mol. The number of aromatic nitrogens is 2. The molecule has 0 saturated carbocycles. The third-order valence-electron chi connectivity index (χ3n) is 2.42. The minimum absolute atomic E-state index is 0.0946. The van der Waals surface area contributed by atoms with E-state index in [1.54, 1.807) is 17.1 Å². The number of rotatable bonds is 6. The van der Waals surface area contributed by atoms with Crippen molar-refractivity contribution in [2.45, 2.75) is 34.2 Å². The highest BCUT2D eigenvalue weighted by Crippen LogP contribution is 2.08. The van der Waals surface area contributed by atoms with Crippen LogP contribution in [0.4, 0.5) is 0 Å². The molecule has 102 valence electrons. The predicted octanol–water partition coefficient (Wildman–Crippen LogP) is 2.68. The van der Waals surface area contributed by atoms with Crippen molar-refractivity contribution in [2.24, 2.45) is 11.8 Å². The highest BCUT2D eigenvalue weighted by atomic mass is 35.5. The van der Waals surface area contributed by atoms with E-state index in [-0.39, 0.29) is 12.5 Å². The summed E-state index contributed by atoms with van der Waals surface area (Å²) in [6, 6.07) is 0. The molecule has 0 aliphatic heterocycles. The van der Waals surface area contributed by atoms with Gasteiger partial charge in [0, 0.05) is 19.3 Å². The molecule has 0 radical (unpaired) electrons. The van der Waals surface area contributed by atoms with Gasteiger partial charge in [-0.15, -0.1) is 0 Å². The summed E-state index contributed by atoms with van der Waals surface area (Å²) in [6.45, 7) is 10.3. The van der Waals surface area contributed by atoms with Gasteiger partial charge < -0.3 is 4.90 Å². The predicted molar refractivity (Wildman–Crippen MR) is 73.5 cm³/mol. The van der Waals surface area contributed by atoms with Gasteiger partial charge in [0.25, 0.3) is 0 Å². The average molecular weight is 272 g/mol. The molecule has 0 N–H and O–H groups in total. The van der Waals surface area contributed by atoms with Crippen molar-refractivity contribution in [3.8, 4) is 0 Å². The maximum atomic E-state index is 12.2. The lowest BCUT2D eigenvalue weighted by Crippen LogP contribution is -2.39. The molecule has 18 heavy (non-hydrogen) atoms. The van der Waals surface area contributed by atoms with E-state index in [0.717, 1.165) is 13.1 Å². The topological polar surface area (TPSA) is 38.1 Å². The van der Waals surface area contributed by atoms with Crippen LogP contribution in [0.2, 0.25) is 5.02 Å². The first-order valence-corrected chi connectivity index (χ1v) is 6.72. The molecule has 0 atom stereocenters. The zero-order valence-corrected chi connectivity index (χ0v) is 12.3. The van der Waals surface area contributed by atoms with Crippen LogP contribution < -0.4 is 0 Å². The van der Waals surface area contributed by atoms with Crippen molar-refractivity contribution in [1.29, 1.82) is 0 Å². The van der Waals surface area contributed by atoms with Gasteiger partial charge >= 0.3 is 0 Å². The molecule has 1 heterocycles. The second-order valence-corrected chi connectivity index (χ2v) is 5.88. The van der Waals surface area contributed by atoms with Gasteiger partial charge in [-0.05, 0) is 11.8 Å². The zero-order valence-electron chi connectivity index (χ0n) is 11.6. The van der Waals surface area contributed by atoms with Crippen molar-refractivity contribution < 1.29 is 4.79 Å². The lowest BCUT2D eigenvalue weighted by molar-refractivity contribution is -0.133. The number of halogens is 1. The summed E-state index contributed by atoms with van der Waals surface area (Å²) < 4.78 is 1.58. The van der Waals surface area contributed by atoms with Gasteiger partial charge in [0.2, 0.25) is 5.91 Å². The Morgan fingerprint density at radius 3 is 2.28 bits per heavy atom. The van der Waals surface area contributed by atoms with Gasteiger partial charge in [-0.3, -0.25) is 9.48 Å². The summed E-state index contributed by atoms with van der Waals surface area (Å²) in [5.74, 6) is 1.03. The molecule has 1 aromatic heterocycles. The Morgan fingerprint density at radius 2 is 1.89 bits per heavy atom. The first kappa shape index (κ1) is 15.0. The molecule has 0 aromatic carbocycles. The Morgan fingerprint density at radius 1 is 1.33 bits per heavy atom. The third-order valence-corrected chi connectivity index (χ3v) is 2.62. The lowest BCUT2D eigenvalue weighted by Gasteiger charge is -2.26. The maximum Gasteiger partial charge on any atom is 0.244 e. The second-order valence-electron chi connectivity index (χ2n) is 5.44. The van der Waals surface area contributed by atoms with Crippen molar-refractivity contribution in [1.82, 2.24) is 14.7 Å². The van der Waals surface area contributed by atoms with E-state index in [1.165, 1.54) is 0 Å². The fourth-order valence-electron chi connectivity index (χ4n) is 1.82. The van der Waals surface area contributed by atoms with Crippen molar-refractivity contribution in [3.05, 3.63) is 17.4 Å². The molecule has 0 unspecified atom stereocenters. The molecule has 0 aliphatic carbocycles. The Balaban J connectivity index is 2.63. The van der Waals surface area contributed by atoms with Crippen molar-refractivity contribution >= 4 is 17.5 Å². The monoisotopic (exact) mass is 271 g/mol. The number of hydrogen-bond acceptors (Lipinski definition) is 2. The van der Waals surface area contributed by atoms with Gasteiger partial charge in [0.1, 0.15) is 6.54 Å². The maximum absolute atomic E-state index is 12.2. The van der Waals surface area contributed by atoms with Crippen LogP contribution in [0.3, 0.4) is 0 Å². The van der Waals surface area contributed by atoms with Gasteiger partial charge in [-0.25, -0.2) is 0 Å².